The van der Waals surface area contributed by atoms with Gasteiger partial charge in [-0.3, -0.25) is 0 Å². The SMILES string of the molecule is [B]N1Cc2cnncc2C1=C. The first kappa shape index (κ1) is 6.40. The highest BCUT2D eigenvalue weighted by Crippen LogP contribution is 2.27. The van der Waals surface area contributed by atoms with Crippen LogP contribution in [0, 0.1) is 0 Å². The molecule has 0 N–H and O–H groups in total. The fourth-order valence-electron chi connectivity index (χ4n) is 1.17. The maximum absolute atomic E-state index is 5.61. The second-order valence-electron chi connectivity index (χ2n) is 2.50. The van der Waals surface area contributed by atoms with Gasteiger partial charge in [-0.2, -0.15) is 10.2 Å². The molecule has 2 rings (SSSR count). The van der Waals surface area contributed by atoms with Gasteiger partial charge in [-0.05, 0) is 0 Å². The lowest BCUT2D eigenvalue weighted by molar-refractivity contribution is 0.658. The van der Waals surface area contributed by atoms with Crippen LogP contribution in [-0.4, -0.2) is 23.0 Å². The van der Waals surface area contributed by atoms with Crippen molar-refractivity contribution in [3.8, 4) is 0 Å². The van der Waals surface area contributed by atoms with E-state index in [1.807, 2.05) is 0 Å². The van der Waals surface area contributed by atoms with Crippen LogP contribution in [0.3, 0.4) is 0 Å². The van der Waals surface area contributed by atoms with Crippen LogP contribution in [0.15, 0.2) is 19.0 Å². The minimum Gasteiger partial charge on any atom is -0.421 e. The summed E-state index contributed by atoms with van der Waals surface area (Å²) in [4.78, 5) is 1.59. The average Bonchev–Trinajstić information content (AvgIpc) is 2.30. The summed E-state index contributed by atoms with van der Waals surface area (Å²) in [6.07, 6.45) is 3.40. The molecular formula is C7H6BN3. The summed E-state index contributed by atoms with van der Waals surface area (Å²) in [5, 5.41) is 7.50. The van der Waals surface area contributed by atoms with Crippen molar-refractivity contribution in [1.29, 1.82) is 0 Å². The fourth-order valence-corrected chi connectivity index (χ4v) is 1.17. The van der Waals surface area contributed by atoms with Gasteiger partial charge in [0, 0.05) is 23.4 Å². The quantitative estimate of drug-likeness (QED) is 0.490. The molecule has 0 bridgehead atoms. The lowest BCUT2D eigenvalue weighted by Crippen LogP contribution is -2.08. The van der Waals surface area contributed by atoms with Crippen LogP contribution >= 0.6 is 0 Å². The molecule has 0 saturated heterocycles. The smallest absolute Gasteiger partial charge is 0.227 e. The van der Waals surface area contributed by atoms with Gasteiger partial charge < -0.3 is 4.81 Å². The first-order chi connectivity index (χ1) is 5.29. The highest BCUT2D eigenvalue weighted by atomic mass is 15.1. The van der Waals surface area contributed by atoms with E-state index in [-0.39, 0.29) is 0 Å². The van der Waals surface area contributed by atoms with Crippen molar-refractivity contribution in [3.63, 3.8) is 0 Å². The van der Waals surface area contributed by atoms with Crippen LogP contribution < -0.4 is 0 Å². The van der Waals surface area contributed by atoms with Crippen molar-refractivity contribution in [2.45, 2.75) is 6.54 Å². The predicted molar refractivity (Wildman–Crippen MR) is 42.4 cm³/mol. The van der Waals surface area contributed by atoms with Crippen molar-refractivity contribution in [2.24, 2.45) is 0 Å². The molecule has 3 nitrogen and oxygen atoms in total. The Morgan fingerprint density at radius 3 is 2.91 bits per heavy atom. The molecule has 0 aliphatic carbocycles. The zero-order chi connectivity index (χ0) is 7.84. The minimum absolute atomic E-state index is 0.684. The van der Waals surface area contributed by atoms with Crippen LogP contribution in [0.5, 0.6) is 0 Å². The summed E-state index contributed by atoms with van der Waals surface area (Å²) in [7, 11) is 5.61. The zero-order valence-corrected chi connectivity index (χ0v) is 5.99. The molecule has 0 saturated carbocycles. The molecule has 0 fully saturated rings. The van der Waals surface area contributed by atoms with E-state index in [1.54, 1.807) is 17.2 Å². The Morgan fingerprint density at radius 2 is 2.18 bits per heavy atom. The number of rotatable bonds is 0. The zero-order valence-electron chi connectivity index (χ0n) is 5.99. The molecule has 1 aliphatic rings. The van der Waals surface area contributed by atoms with Crippen LogP contribution in [0.25, 0.3) is 5.70 Å². The topological polar surface area (TPSA) is 29.0 Å². The molecule has 0 unspecified atom stereocenters. The number of fused-ring (bicyclic) bond motifs is 1. The number of hydrogen-bond acceptors (Lipinski definition) is 3. The van der Waals surface area contributed by atoms with E-state index >= 15 is 0 Å². The van der Waals surface area contributed by atoms with Gasteiger partial charge in [-0.15, -0.1) is 0 Å². The molecule has 2 heterocycles. The number of hydrogen-bond donors (Lipinski definition) is 0. The van der Waals surface area contributed by atoms with E-state index in [2.05, 4.69) is 16.8 Å². The van der Waals surface area contributed by atoms with Gasteiger partial charge in [0.05, 0.1) is 12.4 Å². The molecule has 0 atom stereocenters. The van der Waals surface area contributed by atoms with Crippen LogP contribution in [0.4, 0.5) is 0 Å². The van der Waals surface area contributed by atoms with E-state index in [4.69, 9.17) is 7.98 Å². The largest absolute Gasteiger partial charge is 0.421 e. The van der Waals surface area contributed by atoms with Crippen LogP contribution in [-0.2, 0) is 6.54 Å². The van der Waals surface area contributed by atoms with E-state index < -0.39 is 0 Å². The van der Waals surface area contributed by atoms with E-state index in [0.29, 0.717) is 6.54 Å². The number of aromatic nitrogens is 2. The summed E-state index contributed by atoms with van der Waals surface area (Å²) >= 11 is 0. The van der Waals surface area contributed by atoms with Gasteiger partial charge in [0.1, 0.15) is 0 Å². The molecule has 1 aromatic heterocycles. The highest BCUT2D eigenvalue weighted by Gasteiger charge is 2.18. The summed E-state index contributed by atoms with van der Waals surface area (Å²) in [5.41, 5.74) is 2.91. The average molecular weight is 143 g/mol. The molecule has 52 valence electrons. The van der Waals surface area contributed by atoms with Crippen molar-refractivity contribution in [2.75, 3.05) is 0 Å². The third-order valence-electron chi connectivity index (χ3n) is 1.81. The summed E-state index contributed by atoms with van der Waals surface area (Å²) < 4.78 is 0. The minimum atomic E-state index is 0.684. The van der Waals surface area contributed by atoms with Crippen molar-refractivity contribution < 1.29 is 0 Å². The molecule has 0 amide bonds. The second-order valence-corrected chi connectivity index (χ2v) is 2.50. The Morgan fingerprint density at radius 1 is 1.45 bits per heavy atom. The fraction of sp³-hybridized carbons (Fsp3) is 0.143. The molecule has 0 aromatic carbocycles. The Labute approximate surface area is 66.2 Å². The Hall–Kier alpha value is -1.32. The van der Waals surface area contributed by atoms with Gasteiger partial charge in [0.15, 0.2) is 0 Å². The van der Waals surface area contributed by atoms with E-state index in [1.165, 1.54) is 0 Å². The summed E-state index contributed by atoms with van der Waals surface area (Å²) in [6.45, 7) is 4.49. The third-order valence-corrected chi connectivity index (χ3v) is 1.81. The lowest BCUT2D eigenvalue weighted by atomic mass is 10.2. The van der Waals surface area contributed by atoms with Crippen LogP contribution in [0.1, 0.15) is 11.1 Å². The van der Waals surface area contributed by atoms with Gasteiger partial charge >= 0.3 is 0 Å². The molecule has 2 radical (unpaired) electrons. The Kier molecular flexibility index (Phi) is 1.21. The maximum atomic E-state index is 5.61. The second kappa shape index (κ2) is 2.08. The Balaban J connectivity index is 2.55. The Bertz CT molecular complexity index is 310. The molecule has 1 aromatic rings. The van der Waals surface area contributed by atoms with E-state index in [0.717, 1.165) is 16.8 Å². The standard InChI is InChI=1S/C7H6BN3/c1-5-7-3-10-9-2-6(7)4-11(5)8/h2-3H,1,4H2. The molecular weight excluding hydrogens is 137 g/mol. The predicted octanol–water partition coefficient (Wildman–Crippen LogP) is 0.346. The van der Waals surface area contributed by atoms with Crippen molar-refractivity contribution in [1.82, 2.24) is 15.0 Å². The normalized spacial score (nSPS) is 15.3. The first-order valence-corrected chi connectivity index (χ1v) is 3.30. The van der Waals surface area contributed by atoms with Crippen LogP contribution in [0.2, 0.25) is 0 Å². The van der Waals surface area contributed by atoms with E-state index in [9.17, 15) is 0 Å². The van der Waals surface area contributed by atoms with Gasteiger partial charge in [-0.1, -0.05) is 6.58 Å². The van der Waals surface area contributed by atoms with Gasteiger partial charge in [0.25, 0.3) is 0 Å². The molecule has 11 heavy (non-hydrogen) atoms. The van der Waals surface area contributed by atoms with Gasteiger partial charge in [-0.25, -0.2) is 0 Å². The molecule has 0 spiro atoms. The van der Waals surface area contributed by atoms with Crippen molar-refractivity contribution >= 4 is 13.7 Å². The van der Waals surface area contributed by atoms with Gasteiger partial charge in [0.2, 0.25) is 7.98 Å². The monoisotopic (exact) mass is 143 g/mol. The summed E-state index contributed by atoms with van der Waals surface area (Å²) in [6, 6.07) is 0. The number of nitrogens with zero attached hydrogens (tertiary/aromatic N) is 3. The maximum Gasteiger partial charge on any atom is 0.227 e. The first-order valence-electron chi connectivity index (χ1n) is 3.30. The third kappa shape index (κ3) is 0.825. The van der Waals surface area contributed by atoms with Crippen molar-refractivity contribution in [3.05, 3.63) is 30.1 Å². The summed E-state index contributed by atoms with van der Waals surface area (Å²) in [5.74, 6) is 0. The molecule has 1 aliphatic heterocycles. The molecule has 4 heteroatoms. The lowest BCUT2D eigenvalue weighted by Gasteiger charge is -2.10. The highest BCUT2D eigenvalue weighted by molar-refractivity contribution is 6.10.